The van der Waals surface area contributed by atoms with E-state index in [-0.39, 0.29) is 6.42 Å². The summed E-state index contributed by atoms with van der Waals surface area (Å²) in [5, 5.41) is 0. The van der Waals surface area contributed by atoms with Gasteiger partial charge < -0.3 is 11.5 Å². The van der Waals surface area contributed by atoms with E-state index < -0.39 is 17.2 Å². The van der Waals surface area contributed by atoms with Gasteiger partial charge in [0.2, 0.25) is 11.8 Å². The highest BCUT2D eigenvalue weighted by Gasteiger charge is 2.42. The number of carbonyl (C=O) groups excluding carboxylic acids is 2. The third kappa shape index (κ3) is 3.11. The molecule has 0 aromatic carbocycles. The van der Waals surface area contributed by atoms with Crippen molar-refractivity contribution >= 4 is 11.8 Å². The predicted molar refractivity (Wildman–Crippen MR) is 81.5 cm³/mol. The minimum atomic E-state index is -1.17. The number of carbonyl (C=O) groups is 2. The summed E-state index contributed by atoms with van der Waals surface area (Å²) in [6.07, 6.45) is 4.12. The molecule has 0 bridgehead atoms. The van der Waals surface area contributed by atoms with Crippen LogP contribution in [0, 0.1) is 0 Å². The average Bonchev–Trinajstić information content (AvgIpc) is 2.53. The summed E-state index contributed by atoms with van der Waals surface area (Å²) in [4.78, 5) is 31.9. The van der Waals surface area contributed by atoms with E-state index in [9.17, 15) is 9.59 Å². The van der Waals surface area contributed by atoms with Gasteiger partial charge >= 0.3 is 0 Å². The van der Waals surface area contributed by atoms with Crippen molar-refractivity contribution < 1.29 is 9.59 Å². The van der Waals surface area contributed by atoms with Crippen LogP contribution in [0.15, 0.2) is 48.8 Å². The molecule has 0 saturated carbocycles. The van der Waals surface area contributed by atoms with Crippen LogP contribution in [0.1, 0.15) is 30.7 Å². The monoisotopic (exact) mass is 298 g/mol. The van der Waals surface area contributed by atoms with Crippen molar-refractivity contribution in [2.24, 2.45) is 11.5 Å². The van der Waals surface area contributed by atoms with Crippen molar-refractivity contribution in [2.75, 3.05) is 0 Å². The molecule has 0 radical (unpaired) electrons. The van der Waals surface area contributed by atoms with Crippen LogP contribution in [-0.2, 0) is 15.0 Å². The lowest BCUT2D eigenvalue weighted by atomic mass is 9.75. The highest BCUT2D eigenvalue weighted by atomic mass is 16.1. The number of primary amides is 2. The van der Waals surface area contributed by atoms with E-state index >= 15 is 0 Å². The molecule has 6 heteroatoms. The zero-order chi connectivity index (χ0) is 16.0. The third-order valence-electron chi connectivity index (χ3n) is 3.60. The molecule has 2 aromatic rings. The topological polar surface area (TPSA) is 112 Å². The Morgan fingerprint density at radius 3 is 1.86 bits per heavy atom. The Hall–Kier alpha value is -2.76. The van der Waals surface area contributed by atoms with E-state index in [0.29, 0.717) is 24.2 Å². The smallest absolute Gasteiger partial charge is 0.235 e. The molecule has 2 amide bonds. The van der Waals surface area contributed by atoms with Crippen molar-refractivity contribution in [3.63, 3.8) is 0 Å². The fourth-order valence-electron chi connectivity index (χ4n) is 2.52. The molecule has 4 N–H and O–H groups in total. The highest BCUT2D eigenvalue weighted by molar-refractivity contribution is 5.89. The van der Waals surface area contributed by atoms with Crippen LogP contribution in [-0.4, -0.2) is 21.8 Å². The minimum absolute atomic E-state index is 0.175. The van der Waals surface area contributed by atoms with Gasteiger partial charge in [0, 0.05) is 18.8 Å². The lowest BCUT2D eigenvalue weighted by Gasteiger charge is -2.29. The molecule has 114 valence electrons. The zero-order valence-corrected chi connectivity index (χ0v) is 12.1. The quantitative estimate of drug-likeness (QED) is 0.790. The van der Waals surface area contributed by atoms with Crippen molar-refractivity contribution in [1.29, 1.82) is 0 Å². The molecule has 0 atom stereocenters. The Bertz CT molecular complexity index is 604. The molecule has 0 saturated heterocycles. The van der Waals surface area contributed by atoms with Crippen LogP contribution >= 0.6 is 0 Å². The number of nitrogens with zero attached hydrogens (tertiary/aromatic N) is 2. The molecule has 0 aliphatic carbocycles. The Morgan fingerprint density at radius 2 is 1.50 bits per heavy atom. The fourth-order valence-corrected chi connectivity index (χ4v) is 2.52. The van der Waals surface area contributed by atoms with Crippen molar-refractivity contribution in [3.05, 3.63) is 60.2 Å². The number of pyridine rings is 2. The first kappa shape index (κ1) is 15.6. The Kier molecular flexibility index (Phi) is 4.83. The van der Waals surface area contributed by atoms with Crippen LogP contribution in [0.3, 0.4) is 0 Å². The first-order chi connectivity index (χ1) is 10.6. The average molecular weight is 298 g/mol. The maximum atomic E-state index is 12.3. The van der Waals surface area contributed by atoms with Gasteiger partial charge in [-0.1, -0.05) is 12.1 Å². The van der Waals surface area contributed by atoms with E-state index in [0.717, 1.165) is 0 Å². The Balaban J connectivity index is 2.50. The Morgan fingerprint density at radius 1 is 0.955 bits per heavy atom. The molecule has 0 aliphatic heterocycles. The van der Waals surface area contributed by atoms with Crippen LogP contribution < -0.4 is 11.5 Å². The first-order valence-electron chi connectivity index (χ1n) is 6.98. The van der Waals surface area contributed by atoms with Gasteiger partial charge in [-0.2, -0.15) is 0 Å². The van der Waals surface area contributed by atoms with Crippen LogP contribution in [0.5, 0.6) is 0 Å². The molecular weight excluding hydrogens is 280 g/mol. The van der Waals surface area contributed by atoms with Gasteiger partial charge in [0.05, 0.1) is 11.4 Å². The summed E-state index contributed by atoms with van der Waals surface area (Å²) in [6.45, 7) is 0. The van der Waals surface area contributed by atoms with Gasteiger partial charge in [-0.15, -0.1) is 0 Å². The maximum absolute atomic E-state index is 12.3. The Labute approximate surface area is 128 Å². The maximum Gasteiger partial charge on any atom is 0.235 e. The zero-order valence-electron chi connectivity index (χ0n) is 12.1. The molecule has 22 heavy (non-hydrogen) atoms. The van der Waals surface area contributed by atoms with E-state index in [4.69, 9.17) is 11.5 Å². The minimum Gasteiger partial charge on any atom is -0.370 e. The molecule has 2 aromatic heterocycles. The second kappa shape index (κ2) is 6.80. The molecule has 0 spiro atoms. The molecule has 2 heterocycles. The van der Waals surface area contributed by atoms with Gasteiger partial charge in [-0.05, 0) is 37.1 Å². The molecule has 0 fully saturated rings. The lowest BCUT2D eigenvalue weighted by Crippen LogP contribution is -2.43. The van der Waals surface area contributed by atoms with Gasteiger partial charge in [-0.25, -0.2) is 0 Å². The number of amides is 2. The normalized spacial score (nSPS) is 11.1. The summed E-state index contributed by atoms with van der Waals surface area (Å²) in [6, 6.07) is 10.6. The largest absolute Gasteiger partial charge is 0.370 e. The molecular formula is C16H18N4O2. The van der Waals surface area contributed by atoms with Crippen LogP contribution in [0.25, 0.3) is 0 Å². The fraction of sp³-hybridized carbons (Fsp3) is 0.250. The van der Waals surface area contributed by atoms with Crippen molar-refractivity contribution in [2.45, 2.75) is 24.7 Å². The van der Waals surface area contributed by atoms with Crippen LogP contribution in [0.2, 0.25) is 0 Å². The number of aromatic nitrogens is 2. The molecule has 0 aliphatic rings. The van der Waals surface area contributed by atoms with Crippen molar-refractivity contribution in [3.8, 4) is 0 Å². The van der Waals surface area contributed by atoms with Gasteiger partial charge in [-0.3, -0.25) is 19.6 Å². The number of rotatable bonds is 7. The third-order valence-corrected chi connectivity index (χ3v) is 3.60. The van der Waals surface area contributed by atoms with Gasteiger partial charge in [0.25, 0.3) is 0 Å². The van der Waals surface area contributed by atoms with Gasteiger partial charge in [0.1, 0.15) is 5.41 Å². The van der Waals surface area contributed by atoms with Crippen LogP contribution in [0.4, 0.5) is 0 Å². The van der Waals surface area contributed by atoms with Crippen molar-refractivity contribution in [1.82, 2.24) is 9.97 Å². The predicted octanol–water partition coefficient (Wildman–Crippen LogP) is 0.904. The molecule has 0 unspecified atom stereocenters. The summed E-state index contributed by atoms with van der Waals surface area (Å²) in [5.41, 5.74) is 10.8. The lowest BCUT2D eigenvalue weighted by molar-refractivity contribution is -0.123. The van der Waals surface area contributed by atoms with E-state index in [1.807, 2.05) is 0 Å². The summed E-state index contributed by atoms with van der Waals surface area (Å²) in [7, 11) is 0. The second-order valence-corrected chi connectivity index (χ2v) is 5.02. The summed E-state index contributed by atoms with van der Waals surface area (Å²) in [5.74, 6) is -0.963. The summed E-state index contributed by atoms with van der Waals surface area (Å²) >= 11 is 0. The standard InChI is InChI=1S/C16H18N4O2/c17-14(21)8-5-9-16(15(18)22,12-6-1-3-10-19-12)13-7-2-4-11-20-13/h1-4,6-7,10-11H,5,8-9H2,(H2,17,21)(H2,18,22). The first-order valence-corrected chi connectivity index (χ1v) is 6.98. The second-order valence-electron chi connectivity index (χ2n) is 5.02. The van der Waals surface area contributed by atoms with E-state index in [1.165, 1.54) is 0 Å². The molecule has 6 nitrogen and oxygen atoms in total. The SMILES string of the molecule is NC(=O)CCCC(C(N)=O)(c1ccccn1)c1ccccn1. The van der Waals surface area contributed by atoms with E-state index in [1.54, 1.807) is 48.8 Å². The highest BCUT2D eigenvalue weighted by Crippen LogP contribution is 2.34. The molecule has 2 rings (SSSR count). The van der Waals surface area contributed by atoms with E-state index in [2.05, 4.69) is 9.97 Å². The number of hydrogen-bond donors (Lipinski definition) is 2. The summed E-state index contributed by atoms with van der Waals surface area (Å²) < 4.78 is 0. The number of hydrogen-bond acceptors (Lipinski definition) is 4. The van der Waals surface area contributed by atoms with Gasteiger partial charge in [0.15, 0.2) is 0 Å². The number of nitrogens with two attached hydrogens (primary N) is 2.